The van der Waals surface area contributed by atoms with Crippen LogP contribution in [0, 0.1) is 26.2 Å². The van der Waals surface area contributed by atoms with Crippen molar-refractivity contribution in [3.8, 4) is 12.3 Å². The smallest absolute Gasteiger partial charge is 0.146 e. The molecule has 2 fully saturated rings. The van der Waals surface area contributed by atoms with Crippen LogP contribution >= 0.6 is 11.3 Å². The van der Waals surface area contributed by atoms with E-state index < -0.39 is 0 Å². The second kappa shape index (κ2) is 8.75. The first-order chi connectivity index (χ1) is 13.7. The van der Waals surface area contributed by atoms with E-state index in [1.54, 1.807) is 11.3 Å². The average molecular weight is 400 g/mol. The summed E-state index contributed by atoms with van der Waals surface area (Å²) in [6, 6.07) is 0. The Balaban J connectivity index is 1.59. The number of ether oxygens (including phenoxy) is 1. The standard InChI is InChI=1S/C21H29N5OS/c1-4-5-6-24-7-9-26(10-8-24)20-19-16(2)17(3)28-21(19)23-18(22-20)15-25-11-13-27-14-12-25/h1H,5-15H2,2-3H3. The van der Waals surface area contributed by atoms with Gasteiger partial charge in [-0.2, -0.15) is 0 Å². The quantitative estimate of drug-likeness (QED) is 0.719. The Morgan fingerprint density at radius 3 is 2.50 bits per heavy atom. The molecule has 0 unspecified atom stereocenters. The zero-order chi connectivity index (χ0) is 19.5. The minimum atomic E-state index is 0.796. The Kier molecular flexibility index (Phi) is 6.12. The zero-order valence-corrected chi connectivity index (χ0v) is 17.7. The topological polar surface area (TPSA) is 44.7 Å². The van der Waals surface area contributed by atoms with Crippen LogP contribution in [0.15, 0.2) is 0 Å². The number of terminal acetylenes is 1. The highest BCUT2D eigenvalue weighted by atomic mass is 32.1. The van der Waals surface area contributed by atoms with Crippen LogP contribution in [-0.4, -0.2) is 78.8 Å². The van der Waals surface area contributed by atoms with Crippen LogP contribution in [0.25, 0.3) is 10.2 Å². The summed E-state index contributed by atoms with van der Waals surface area (Å²) in [6.45, 7) is 13.7. The number of piperazine rings is 1. The highest BCUT2D eigenvalue weighted by Gasteiger charge is 2.24. The molecule has 2 aromatic rings. The van der Waals surface area contributed by atoms with Crippen molar-refractivity contribution in [3.05, 3.63) is 16.3 Å². The first kappa shape index (κ1) is 19.6. The van der Waals surface area contributed by atoms with Gasteiger partial charge in [0, 0.05) is 57.1 Å². The summed E-state index contributed by atoms with van der Waals surface area (Å²) < 4.78 is 5.48. The first-order valence-electron chi connectivity index (χ1n) is 10.1. The summed E-state index contributed by atoms with van der Waals surface area (Å²) in [6.07, 6.45) is 6.25. The Hall–Kier alpha value is -1.72. The molecule has 0 spiro atoms. The maximum atomic E-state index is 5.48. The number of rotatable bonds is 5. The number of thiophene rings is 1. The lowest BCUT2D eigenvalue weighted by Crippen LogP contribution is -2.47. The molecule has 2 aliphatic rings. The van der Waals surface area contributed by atoms with Gasteiger partial charge in [0.25, 0.3) is 0 Å². The van der Waals surface area contributed by atoms with Crippen molar-refractivity contribution in [3.63, 3.8) is 0 Å². The molecule has 0 radical (unpaired) electrons. The van der Waals surface area contributed by atoms with E-state index in [1.165, 1.54) is 15.8 Å². The fourth-order valence-electron chi connectivity index (χ4n) is 3.94. The summed E-state index contributed by atoms with van der Waals surface area (Å²) >= 11 is 1.79. The second-order valence-corrected chi connectivity index (χ2v) is 8.80. The molecule has 0 aromatic carbocycles. The van der Waals surface area contributed by atoms with Gasteiger partial charge in [-0.3, -0.25) is 9.80 Å². The summed E-state index contributed by atoms with van der Waals surface area (Å²) in [4.78, 5) is 19.7. The van der Waals surface area contributed by atoms with Gasteiger partial charge in [0.2, 0.25) is 0 Å². The van der Waals surface area contributed by atoms with Gasteiger partial charge in [0.15, 0.2) is 0 Å². The molecule has 28 heavy (non-hydrogen) atoms. The molecule has 4 heterocycles. The van der Waals surface area contributed by atoms with Crippen molar-refractivity contribution in [2.24, 2.45) is 0 Å². The van der Waals surface area contributed by atoms with Gasteiger partial charge < -0.3 is 9.64 Å². The maximum absolute atomic E-state index is 5.48. The molecule has 0 amide bonds. The minimum absolute atomic E-state index is 0.796. The van der Waals surface area contributed by atoms with Gasteiger partial charge in [0.05, 0.1) is 25.1 Å². The summed E-state index contributed by atoms with van der Waals surface area (Å²) in [5.41, 5.74) is 1.32. The van der Waals surface area contributed by atoms with Gasteiger partial charge in [-0.05, 0) is 19.4 Å². The number of morpholine rings is 1. The van der Waals surface area contributed by atoms with Crippen molar-refractivity contribution in [1.29, 1.82) is 0 Å². The third kappa shape index (κ3) is 4.15. The van der Waals surface area contributed by atoms with E-state index >= 15 is 0 Å². The van der Waals surface area contributed by atoms with Crippen molar-refractivity contribution in [2.75, 3.05) is 63.9 Å². The van der Waals surface area contributed by atoms with Crippen LogP contribution in [0.5, 0.6) is 0 Å². The summed E-state index contributed by atoms with van der Waals surface area (Å²) in [7, 11) is 0. The van der Waals surface area contributed by atoms with Crippen molar-refractivity contribution >= 4 is 27.4 Å². The van der Waals surface area contributed by atoms with E-state index in [4.69, 9.17) is 21.1 Å². The third-order valence-electron chi connectivity index (χ3n) is 5.77. The molecule has 2 aliphatic heterocycles. The normalized spacial score (nSPS) is 19.2. The van der Waals surface area contributed by atoms with Crippen LogP contribution in [0.4, 0.5) is 5.82 Å². The summed E-state index contributed by atoms with van der Waals surface area (Å²) in [5.74, 6) is 4.80. The van der Waals surface area contributed by atoms with E-state index in [0.717, 1.165) is 88.5 Å². The fraction of sp³-hybridized carbons (Fsp3) is 0.619. The lowest BCUT2D eigenvalue weighted by molar-refractivity contribution is 0.0331. The molecule has 7 heteroatoms. The molecular weight excluding hydrogens is 370 g/mol. The Morgan fingerprint density at radius 2 is 1.79 bits per heavy atom. The lowest BCUT2D eigenvalue weighted by atomic mass is 10.2. The number of hydrogen-bond donors (Lipinski definition) is 0. The van der Waals surface area contributed by atoms with Crippen LogP contribution in [0.2, 0.25) is 0 Å². The van der Waals surface area contributed by atoms with Gasteiger partial charge >= 0.3 is 0 Å². The summed E-state index contributed by atoms with van der Waals surface area (Å²) in [5, 5.41) is 1.24. The molecule has 0 aliphatic carbocycles. The Bertz CT molecular complexity index is 860. The monoisotopic (exact) mass is 399 g/mol. The molecule has 0 atom stereocenters. The predicted octanol–water partition coefficient (Wildman–Crippen LogP) is 2.29. The number of aromatic nitrogens is 2. The number of aryl methyl sites for hydroxylation is 2. The molecule has 6 nitrogen and oxygen atoms in total. The van der Waals surface area contributed by atoms with Crippen LogP contribution in [-0.2, 0) is 11.3 Å². The van der Waals surface area contributed by atoms with Gasteiger partial charge in [0.1, 0.15) is 16.5 Å². The predicted molar refractivity (Wildman–Crippen MR) is 115 cm³/mol. The molecule has 0 bridgehead atoms. The van der Waals surface area contributed by atoms with Gasteiger partial charge in [-0.15, -0.1) is 23.7 Å². The molecule has 2 saturated heterocycles. The maximum Gasteiger partial charge on any atom is 0.146 e. The fourth-order valence-corrected chi connectivity index (χ4v) is 4.98. The lowest BCUT2D eigenvalue weighted by Gasteiger charge is -2.35. The highest BCUT2D eigenvalue weighted by molar-refractivity contribution is 7.18. The zero-order valence-electron chi connectivity index (χ0n) is 16.9. The Morgan fingerprint density at radius 1 is 1.04 bits per heavy atom. The van der Waals surface area contributed by atoms with Gasteiger partial charge in [-0.1, -0.05) is 0 Å². The third-order valence-corrected chi connectivity index (χ3v) is 6.87. The number of nitrogens with zero attached hydrogens (tertiary/aromatic N) is 5. The highest BCUT2D eigenvalue weighted by Crippen LogP contribution is 2.35. The van der Waals surface area contributed by atoms with E-state index in [1.807, 2.05) is 0 Å². The SMILES string of the molecule is C#CCCN1CCN(c2nc(CN3CCOCC3)nc3sc(C)c(C)c23)CC1. The first-order valence-corrected chi connectivity index (χ1v) is 10.9. The van der Waals surface area contributed by atoms with Crippen molar-refractivity contribution in [2.45, 2.75) is 26.8 Å². The molecule has 4 rings (SSSR count). The molecule has 150 valence electrons. The Labute approximate surface area is 171 Å². The largest absolute Gasteiger partial charge is 0.379 e. The van der Waals surface area contributed by atoms with Crippen LogP contribution in [0.1, 0.15) is 22.7 Å². The average Bonchev–Trinajstić information content (AvgIpc) is 3.01. The van der Waals surface area contributed by atoms with Crippen LogP contribution in [0.3, 0.4) is 0 Å². The van der Waals surface area contributed by atoms with E-state index in [-0.39, 0.29) is 0 Å². The second-order valence-electron chi connectivity index (χ2n) is 7.60. The molecule has 0 saturated carbocycles. The minimum Gasteiger partial charge on any atom is -0.379 e. The van der Waals surface area contributed by atoms with Crippen molar-refractivity contribution < 1.29 is 4.74 Å². The number of hydrogen-bond acceptors (Lipinski definition) is 7. The van der Waals surface area contributed by atoms with E-state index in [2.05, 4.69) is 34.5 Å². The van der Waals surface area contributed by atoms with Crippen LogP contribution < -0.4 is 4.90 Å². The van der Waals surface area contributed by atoms with Gasteiger partial charge in [-0.25, -0.2) is 9.97 Å². The van der Waals surface area contributed by atoms with Crippen molar-refractivity contribution in [1.82, 2.24) is 19.8 Å². The molecule has 2 aromatic heterocycles. The number of fused-ring (bicyclic) bond motifs is 1. The molecule has 0 N–H and O–H groups in total. The van der Waals surface area contributed by atoms with E-state index in [0.29, 0.717) is 0 Å². The molecular formula is C21H29N5OS. The van der Waals surface area contributed by atoms with E-state index in [9.17, 15) is 0 Å². The number of anilines is 1.